The molecule has 2 fully saturated rings. The van der Waals surface area contributed by atoms with Crippen LogP contribution in [0.2, 0.25) is 0 Å². The van der Waals surface area contributed by atoms with Crippen LogP contribution in [0.3, 0.4) is 0 Å². The fourth-order valence-corrected chi connectivity index (χ4v) is 5.17. The molecule has 1 amide bonds. The van der Waals surface area contributed by atoms with Gasteiger partial charge in [0.05, 0.1) is 23.6 Å². The Morgan fingerprint density at radius 1 is 1.29 bits per heavy atom. The zero-order chi connectivity index (χ0) is 21.1. The van der Waals surface area contributed by atoms with Crippen LogP contribution in [0, 0.1) is 18.8 Å². The molecule has 2 unspecified atom stereocenters. The van der Waals surface area contributed by atoms with E-state index < -0.39 is 0 Å². The maximum Gasteiger partial charge on any atom is 0.255 e. The lowest BCUT2D eigenvalue weighted by Gasteiger charge is -2.20. The summed E-state index contributed by atoms with van der Waals surface area (Å²) in [6.45, 7) is 4.35. The van der Waals surface area contributed by atoms with Crippen molar-refractivity contribution in [1.29, 1.82) is 0 Å². The third kappa shape index (κ3) is 3.32. The van der Waals surface area contributed by atoms with Crippen molar-refractivity contribution in [3.05, 3.63) is 64.8 Å². The van der Waals surface area contributed by atoms with Crippen molar-refractivity contribution < 1.29 is 9.21 Å². The molecular formula is C24H27N5O2. The summed E-state index contributed by atoms with van der Waals surface area (Å²) in [6.07, 6.45) is 7.21. The van der Waals surface area contributed by atoms with Gasteiger partial charge < -0.3 is 19.2 Å². The van der Waals surface area contributed by atoms with Gasteiger partial charge in [-0.2, -0.15) is 0 Å². The molecule has 0 spiro atoms. The predicted molar refractivity (Wildman–Crippen MR) is 116 cm³/mol. The van der Waals surface area contributed by atoms with Crippen LogP contribution in [0.25, 0.3) is 0 Å². The van der Waals surface area contributed by atoms with Crippen molar-refractivity contribution in [2.24, 2.45) is 18.9 Å². The van der Waals surface area contributed by atoms with E-state index in [2.05, 4.69) is 34.3 Å². The summed E-state index contributed by atoms with van der Waals surface area (Å²) in [5.41, 5.74) is 4.89. The van der Waals surface area contributed by atoms with Crippen molar-refractivity contribution in [2.45, 2.75) is 38.6 Å². The summed E-state index contributed by atoms with van der Waals surface area (Å²) in [5, 5.41) is 3.11. The number of fused-ring (bicyclic) bond motifs is 2. The highest BCUT2D eigenvalue weighted by Crippen LogP contribution is 2.46. The van der Waals surface area contributed by atoms with Crippen molar-refractivity contribution in [2.75, 3.05) is 18.0 Å². The zero-order valence-corrected chi connectivity index (χ0v) is 18.0. The third-order valence-electron chi connectivity index (χ3n) is 7.16. The van der Waals surface area contributed by atoms with Gasteiger partial charge in [-0.25, -0.2) is 9.97 Å². The van der Waals surface area contributed by atoms with Crippen molar-refractivity contribution >= 4 is 11.7 Å². The Balaban J connectivity index is 1.12. The number of rotatable bonds is 5. The normalized spacial score (nSPS) is 23.7. The van der Waals surface area contributed by atoms with E-state index in [4.69, 9.17) is 9.40 Å². The predicted octanol–water partition coefficient (Wildman–Crippen LogP) is 3.18. The molecule has 3 atom stereocenters. The van der Waals surface area contributed by atoms with Gasteiger partial charge in [0.1, 0.15) is 17.8 Å². The van der Waals surface area contributed by atoms with Crippen LogP contribution in [0.1, 0.15) is 57.6 Å². The van der Waals surface area contributed by atoms with Crippen LogP contribution in [-0.2, 0) is 19.9 Å². The first-order valence-electron chi connectivity index (χ1n) is 11.1. The fraction of sp³-hybridized carbons (Fsp3) is 0.458. The molecule has 0 bridgehead atoms. The molecular weight excluding hydrogens is 390 g/mol. The Kier molecular flexibility index (Phi) is 4.20. The number of aryl methyl sites for hydroxylation is 2. The number of imidazole rings is 1. The molecule has 4 heterocycles. The smallest absolute Gasteiger partial charge is 0.255 e. The van der Waals surface area contributed by atoms with Gasteiger partial charge in [-0.15, -0.1) is 0 Å². The number of amides is 1. The Hall–Kier alpha value is -3.09. The van der Waals surface area contributed by atoms with E-state index in [0.29, 0.717) is 12.0 Å². The Bertz CT molecular complexity index is 1150. The molecule has 31 heavy (non-hydrogen) atoms. The quantitative estimate of drug-likeness (QED) is 0.690. The molecule has 2 aliphatic carbocycles. The lowest BCUT2D eigenvalue weighted by molar-refractivity contribution is 0.0935. The van der Waals surface area contributed by atoms with E-state index in [0.717, 1.165) is 66.3 Å². The Morgan fingerprint density at radius 3 is 2.94 bits per heavy atom. The number of anilines is 1. The van der Waals surface area contributed by atoms with E-state index in [1.807, 2.05) is 24.0 Å². The molecule has 3 aromatic heterocycles. The second kappa shape index (κ2) is 6.97. The first kappa shape index (κ1) is 18.7. The molecule has 7 heteroatoms. The number of pyridine rings is 1. The number of nitrogens with zero attached hydrogens (tertiary/aromatic N) is 4. The fourth-order valence-electron chi connectivity index (χ4n) is 5.17. The summed E-state index contributed by atoms with van der Waals surface area (Å²) >= 11 is 0. The van der Waals surface area contributed by atoms with E-state index >= 15 is 0 Å². The average Bonchev–Trinajstić information content (AvgIpc) is 3.22. The highest BCUT2D eigenvalue weighted by Gasteiger charge is 2.45. The van der Waals surface area contributed by atoms with Crippen molar-refractivity contribution in [3.8, 4) is 0 Å². The lowest BCUT2D eigenvalue weighted by Crippen LogP contribution is -2.27. The Labute approximate surface area is 181 Å². The molecule has 7 nitrogen and oxygen atoms in total. The topological polar surface area (TPSA) is 76.2 Å². The summed E-state index contributed by atoms with van der Waals surface area (Å²) < 4.78 is 7.75. The van der Waals surface area contributed by atoms with Gasteiger partial charge in [0.2, 0.25) is 0 Å². The molecule has 6 rings (SSSR count). The molecule has 160 valence electrons. The summed E-state index contributed by atoms with van der Waals surface area (Å²) in [5.74, 6) is 3.52. The van der Waals surface area contributed by atoms with Crippen molar-refractivity contribution in [1.82, 2.24) is 19.9 Å². The molecule has 1 saturated carbocycles. The van der Waals surface area contributed by atoms with E-state index in [1.165, 1.54) is 12.1 Å². The summed E-state index contributed by atoms with van der Waals surface area (Å²) in [6, 6.07) is 6.07. The van der Waals surface area contributed by atoms with E-state index in [-0.39, 0.29) is 11.9 Å². The van der Waals surface area contributed by atoms with Crippen molar-refractivity contribution in [3.63, 3.8) is 0 Å². The van der Waals surface area contributed by atoms with Gasteiger partial charge in [-0.05, 0) is 55.7 Å². The number of carbonyl (C=O) groups is 1. The number of furan rings is 1. The van der Waals surface area contributed by atoms with Gasteiger partial charge in [-0.3, -0.25) is 4.79 Å². The number of aromatic nitrogens is 3. The minimum Gasteiger partial charge on any atom is -0.468 e. The monoisotopic (exact) mass is 417 g/mol. The number of piperidine rings is 1. The second-order valence-corrected chi connectivity index (χ2v) is 9.31. The van der Waals surface area contributed by atoms with Crippen LogP contribution in [0.15, 0.2) is 35.2 Å². The maximum atomic E-state index is 12.7. The van der Waals surface area contributed by atoms with Crippen LogP contribution in [-0.4, -0.2) is 33.5 Å². The molecule has 0 radical (unpaired) electrons. The SMILES string of the molecule is Cc1nc(N2CC3CC3C2)ccc1Cc1cc(C(=O)N[C@@H]2CCc3c2ncn3C)co1. The number of carbonyl (C=O) groups excluding carboxylic acids is 1. The minimum absolute atomic E-state index is 0.0299. The molecule has 0 aromatic carbocycles. The third-order valence-corrected chi connectivity index (χ3v) is 7.16. The highest BCUT2D eigenvalue weighted by atomic mass is 16.3. The molecule has 1 N–H and O–H groups in total. The van der Waals surface area contributed by atoms with Crippen LogP contribution < -0.4 is 10.2 Å². The molecule has 3 aliphatic rings. The molecule has 3 aromatic rings. The van der Waals surface area contributed by atoms with Crippen LogP contribution >= 0.6 is 0 Å². The summed E-state index contributed by atoms with van der Waals surface area (Å²) in [7, 11) is 2.00. The maximum absolute atomic E-state index is 12.7. The first-order valence-corrected chi connectivity index (χ1v) is 11.1. The number of hydrogen-bond acceptors (Lipinski definition) is 5. The van der Waals surface area contributed by atoms with Gasteiger partial charge in [0.25, 0.3) is 5.91 Å². The molecule has 1 saturated heterocycles. The highest BCUT2D eigenvalue weighted by molar-refractivity contribution is 5.94. The number of hydrogen-bond donors (Lipinski definition) is 1. The molecule has 1 aliphatic heterocycles. The minimum atomic E-state index is -0.115. The number of nitrogens with one attached hydrogen (secondary N) is 1. The summed E-state index contributed by atoms with van der Waals surface area (Å²) in [4.78, 5) is 24.4. The van der Waals surface area contributed by atoms with Gasteiger partial charge in [-0.1, -0.05) is 6.07 Å². The van der Waals surface area contributed by atoms with Crippen LogP contribution in [0.4, 0.5) is 5.82 Å². The lowest BCUT2D eigenvalue weighted by atomic mass is 10.1. The Morgan fingerprint density at radius 2 is 2.13 bits per heavy atom. The van der Waals surface area contributed by atoms with Gasteiger partial charge >= 0.3 is 0 Å². The average molecular weight is 418 g/mol. The van der Waals surface area contributed by atoms with Crippen LogP contribution in [0.5, 0.6) is 0 Å². The van der Waals surface area contributed by atoms with Gasteiger partial charge in [0, 0.05) is 37.9 Å². The van der Waals surface area contributed by atoms with E-state index in [9.17, 15) is 4.79 Å². The standard InChI is InChI=1S/C24H27N5O2/c1-14-15(3-6-22(26-14)29-10-16-7-17(16)11-29)8-19-9-18(12-31-19)24(30)27-20-4-5-21-23(20)25-13-28(21)2/h3,6,9,12-13,16-17,20H,4-5,7-8,10-11H2,1-2H3,(H,27,30)/t16?,17?,20-/m1/s1. The first-order chi connectivity index (χ1) is 15.0. The largest absolute Gasteiger partial charge is 0.468 e. The van der Waals surface area contributed by atoms with E-state index in [1.54, 1.807) is 6.26 Å². The zero-order valence-electron chi connectivity index (χ0n) is 18.0. The second-order valence-electron chi connectivity index (χ2n) is 9.31. The van der Waals surface area contributed by atoms with Gasteiger partial charge in [0.15, 0.2) is 0 Å².